The molecule has 0 aromatic heterocycles. The Balaban J connectivity index is 2.27. The molecule has 1 fully saturated rings. The van der Waals surface area contributed by atoms with Gasteiger partial charge in [-0.15, -0.1) is 11.8 Å². The summed E-state index contributed by atoms with van der Waals surface area (Å²) in [6.45, 7) is 0.521. The van der Waals surface area contributed by atoms with Crippen molar-refractivity contribution in [3.05, 3.63) is 30.3 Å². The molecule has 1 heterocycles. The fraction of sp³-hybridized carbons (Fsp3) is 0.364. The van der Waals surface area contributed by atoms with Gasteiger partial charge < -0.3 is 10.6 Å². The Bertz CT molecular complexity index is 342. The molecule has 2 rings (SSSR count). The minimum atomic E-state index is 0.138. The van der Waals surface area contributed by atoms with E-state index < -0.39 is 0 Å². The molecule has 1 atom stereocenters. The van der Waals surface area contributed by atoms with Gasteiger partial charge in [0.1, 0.15) is 0 Å². The molecule has 2 N–H and O–H groups in total. The van der Waals surface area contributed by atoms with Crippen molar-refractivity contribution in [2.24, 2.45) is 5.73 Å². The highest BCUT2D eigenvalue weighted by Crippen LogP contribution is 2.24. The van der Waals surface area contributed by atoms with Crippen LogP contribution < -0.4 is 10.6 Å². The van der Waals surface area contributed by atoms with Gasteiger partial charge in [0.2, 0.25) is 5.91 Å². The SMILES string of the molecule is NCC1CSCC(=O)N1c1ccccc1. The van der Waals surface area contributed by atoms with Crippen molar-refractivity contribution in [3.63, 3.8) is 0 Å². The van der Waals surface area contributed by atoms with Crippen LogP contribution in [-0.4, -0.2) is 30.0 Å². The van der Waals surface area contributed by atoms with E-state index in [0.29, 0.717) is 12.3 Å². The first-order chi connectivity index (χ1) is 7.33. The zero-order chi connectivity index (χ0) is 10.7. The maximum absolute atomic E-state index is 11.8. The molecule has 1 amide bonds. The van der Waals surface area contributed by atoms with Crippen LogP contribution in [0.25, 0.3) is 0 Å². The number of carbonyl (C=O) groups is 1. The molecular formula is C11H14N2OS. The number of benzene rings is 1. The van der Waals surface area contributed by atoms with Crippen molar-refractivity contribution >= 4 is 23.4 Å². The smallest absolute Gasteiger partial charge is 0.237 e. The van der Waals surface area contributed by atoms with E-state index in [4.69, 9.17) is 5.73 Å². The third-order valence-electron chi connectivity index (χ3n) is 2.48. The van der Waals surface area contributed by atoms with Gasteiger partial charge in [-0.2, -0.15) is 0 Å². The zero-order valence-electron chi connectivity index (χ0n) is 8.43. The Labute approximate surface area is 93.6 Å². The van der Waals surface area contributed by atoms with Crippen molar-refractivity contribution < 1.29 is 4.79 Å². The van der Waals surface area contributed by atoms with E-state index >= 15 is 0 Å². The van der Waals surface area contributed by atoms with Gasteiger partial charge >= 0.3 is 0 Å². The summed E-state index contributed by atoms with van der Waals surface area (Å²) < 4.78 is 0. The van der Waals surface area contributed by atoms with Gasteiger partial charge in [0.15, 0.2) is 0 Å². The fourth-order valence-corrected chi connectivity index (χ4v) is 2.74. The number of rotatable bonds is 2. The summed E-state index contributed by atoms with van der Waals surface area (Å²) in [6.07, 6.45) is 0. The Kier molecular flexibility index (Phi) is 3.28. The van der Waals surface area contributed by atoms with E-state index in [0.717, 1.165) is 11.4 Å². The topological polar surface area (TPSA) is 46.3 Å². The summed E-state index contributed by atoms with van der Waals surface area (Å²) in [6, 6.07) is 9.88. The second-order valence-corrected chi connectivity index (χ2v) is 4.53. The van der Waals surface area contributed by atoms with Crippen LogP contribution in [0.5, 0.6) is 0 Å². The van der Waals surface area contributed by atoms with Crippen LogP contribution in [0, 0.1) is 0 Å². The van der Waals surface area contributed by atoms with Crippen LogP contribution in [0.4, 0.5) is 5.69 Å². The number of nitrogens with zero attached hydrogens (tertiary/aromatic N) is 1. The van der Waals surface area contributed by atoms with Crippen LogP contribution in [0.1, 0.15) is 0 Å². The number of thioether (sulfide) groups is 1. The molecule has 4 heteroatoms. The van der Waals surface area contributed by atoms with Crippen LogP contribution in [0.2, 0.25) is 0 Å². The summed E-state index contributed by atoms with van der Waals surface area (Å²) >= 11 is 1.66. The molecule has 1 aliphatic rings. The van der Waals surface area contributed by atoms with E-state index in [-0.39, 0.29) is 11.9 Å². The fourth-order valence-electron chi connectivity index (χ4n) is 1.75. The lowest BCUT2D eigenvalue weighted by Crippen LogP contribution is -2.50. The highest BCUT2D eigenvalue weighted by atomic mass is 32.2. The average Bonchev–Trinajstić information content (AvgIpc) is 2.29. The number of carbonyl (C=O) groups excluding carboxylic acids is 1. The molecule has 1 unspecified atom stereocenters. The molecule has 1 aromatic carbocycles. The number of anilines is 1. The number of amides is 1. The summed E-state index contributed by atoms with van der Waals surface area (Å²) in [5.74, 6) is 1.65. The second kappa shape index (κ2) is 4.68. The number of hydrogen-bond acceptors (Lipinski definition) is 3. The van der Waals surface area contributed by atoms with Gasteiger partial charge in [0.25, 0.3) is 0 Å². The van der Waals surface area contributed by atoms with Crippen molar-refractivity contribution in [1.82, 2.24) is 0 Å². The largest absolute Gasteiger partial charge is 0.328 e. The molecule has 1 aromatic rings. The minimum Gasteiger partial charge on any atom is -0.328 e. The molecule has 80 valence electrons. The molecule has 3 nitrogen and oxygen atoms in total. The normalized spacial score (nSPS) is 21.8. The van der Waals surface area contributed by atoms with Gasteiger partial charge in [-0.05, 0) is 12.1 Å². The monoisotopic (exact) mass is 222 g/mol. The molecular weight excluding hydrogens is 208 g/mol. The summed E-state index contributed by atoms with van der Waals surface area (Å²) in [5, 5.41) is 0. The van der Waals surface area contributed by atoms with Crippen molar-refractivity contribution in [2.45, 2.75) is 6.04 Å². The molecule has 0 spiro atoms. The molecule has 1 saturated heterocycles. The highest BCUT2D eigenvalue weighted by Gasteiger charge is 2.28. The molecule has 1 aliphatic heterocycles. The molecule has 0 aliphatic carbocycles. The molecule has 0 saturated carbocycles. The predicted molar refractivity (Wildman–Crippen MR) is 64.1 cm³/mol. The van der Waals surface area contributed by atoms with Gasteiger partial charge in [0, 0.05) is 18.0 Å². The van der Waals surface area contributed by atoms with Crippen LogP contribution >= 0.6 is 11.8 Å². The van der Waals surface area contributed by atoms with E-state index in [1.54, 1.807) is 11.8 Å². The molecule has 0 radical (unpaired) electrons. The first-order valence-electron chi connectivity index (χ1n) is 4.98. The molecule has 0 bridgehead atoms. The van der Waals surface area contributed by atoms with E-state index in [1.807, 2.05) is 35.2 Å². The Hall–Kier alpha value is -1.00. The number of hydrogen-bond donors (Lipinski definition) is 1. The molecule has 15 heavy (non-hydrogen) atoms. The third-order valence-corrected chi connectivity index (χ3v) is 3.55. The third kappa shape index (κ3) is 2.16. The van der Waals surface area contributed by atoms with Gasteiger partial charge in [-0.3, -0.25) is 4.79 Å². The quantitative estimate of drug-likeness (QED) is 0.815. The van der Waals surface area contributed by atoms with E-state index in [9.17, 15) is 4.79 Å². The van der Waals surface area contributed by atoms with Crippen LogP contribution in [0.3, 0.4) is 0 Å². The first kappa shape index (κ1) is 10.5. The second-order valence-electron chi connectivity index (χ2n) is 3.50. The lowest BCUT2D eigenvalue weighted by atomic mass is 10.2. The summed E-state index contributed by atoms with van der Waals surface area (Å²) in [5.41, 5.74) is 6.64. The Morgan fingerprint density at radius 2 is 2.13 bits per heavy atom. The van der Waals surface area contributed by atoms with Crippen molar-refractivity contribution in [2.75, 3.05) is 23.0 Å². The van der Waals surface area contributed by atoms with Crippen molar-refractivity contribution in [3.8, 4) is 0 Å². The lowest BCUT2D eigenvalue weighted by molar-refractivity contribution is -0.116. The summed E-state index contributed by atoms with van der Waals surface area (Å²) in [4.78, 5) is 13.6. The van der Waals surface area contributed by atoms with E-state index in [1.165, 1.54) is 0 Å². The Morgan fingerprint density at radius 3 is 2.80 bits per heavy atom. The average molecular weight is 222 g/mol. The number of nitrogens with two attached hydrogens (primary N) is 1. The predicted octanol–water partition coefficient (Wildman–Crippen LogP) is 1.09. The van der Waals surface area contributed by atoms with Crippen LogP contribution in [0.15, 0.2) is 30.3 Å². The minimum absolute atomic E-state index is 0.138. The maximum Gasteiger partial charge on any atom is 0.237 e. The van der Waals surface area contributed by atoms with Gasteiger partial charge in [0.05, 0.1) is 11.8 Å². The maximum atomic E-state index is 11.8. The lowest BCUT2D eigenvalue weighted by Gasteiger charge is -2.34. The first-order valence-corrected chi connectivity index (χ1v) is 6.13. The Morgan fingerprint density at radius 1 is 1.40 bits per heavy atom. The van der Waals surface area contributed by atoms with Crippen molar-refractivity contribution in [1.29, 1.82) is 0 Å². The van der Waals surface area contributed by atoms with Gasteiger partial charge in [-0.1, -0.05) is 18.2 Å². The zero-order valence-corrected chi connectivity index (χ0v) is 9.24. The van der Waals surface area contributed by atoms with Gasteiger partial charge in [-0.25, -0.2) is 0 Å². The standard InChI is InChI=1S/C11H14N2OS/c12-6-10-7-15-8-11(14)13(10)9-4-2-1-3-5-9/h1-5,10H,6-8,12H2. The summed E-state index contributed by atoms with van der Waals surface area (Å²) in [7, 11) is 0. The highest BCUT2D eigenvalue weighted by molar-refractivity contribution is 8.00. The number of para-hydroxylation sites is 1. The van der Waals surface area contributed by atoms with Crippen LogP contribution in [-0.2, 0) is 4.79 Å². The van der Waals surface area contributed by atoms with E-state index in [2.05, 4.69) is 0 Å².